The van der Waals surface area contributed by atoms with Gasteiger partial charge in [-0.25, -0.2) is 4.98 Å². The molecule has 2 aromatic rings. The SMILES string of the molecule is CN=C(NCc1ccc(N2CCC(C)CC2)cc1)NCc1ncc(C)s1. The van der Waals surface area contributed by atoms with Crippen LogP contribution in [0.15, 0.2) is 35.5 Å². The molecule has 26 heavy (non-hydrogen) atoms. The Morgan fingerprint density at radius 2 is 1.88 bits per heavy atom. The molecule has 0 bridgehead atoms. The van der Waals surface area contributed by atoms with Gasteiger partial charge in [0, 0.05) is 43.4 Å². The molecule has 140 valence electrons. The van der Waals surface area contributed by atoms with E-state index in [1.54, 1.807) is 18.4 Å². The third kappa shape index (κ3) is 5.21. The molecule has 1 aliphatic heterocycles. The number of benzene rings is 1. The predicted molar refractivity (Wildman–Crippen MR) is 111 cm³/mol. The lowest BCUT2D eigenvalue weighted by atomic mass is 9.99. The maximum atomic E-state index is 4.37. The summed E-state index contributed by atoms with van der Waals surface area (Å²) in [6.45, 7) is 8.22. The lowest BCUT2D eigenvalue weighted by molar-refractivity contribution is 0.438. The van der Waals surface area contributed by atoms with Crippen molar-refractivity contribution in [3.63, 3.8) is 0 Å². The van der Waals surface area contributed by atoms with E-state index in [-0.39, 0.29) is 0 Å². The first kappa shape index (κ1) is 18.7. The smallest absolute Gasteiger partial charge is 0.191 e. The van der Waals surface area contributed by atoms with Crippen LogP contribution in [0.4, 0.5) is 5.69 Å². The van der Waals surface area contributed by atoms with Crippen LogP contribution in [0.5, 0.6) is 0 Å². The Labute approximate surface area is 160 Å². The summed E-state index contributed by atoms with van der Waals surface area (Å²) in [4.78, 5) is 12.4. The molecule has 0 radical (unpaired) electrons. The Hall–Kier alpha value is -2.08. The molecule has 1 fully saturated rings. The number of rotatable bonds is 5. The molecule has 6 heteroatoms. The first-order valence-electron chi connectivity index (χ1n) is 9.34. The Morgan fingerprint density at radius 1 is 1.19 bits per heavy atom. The second-order valence-electron chi connectivity index (χ2n) is 6.98. The number of aliphatic imine (C=N–C) groups is 1. The van der Waals surface area contributed by atoms with Crippen LogP contribution < -0.4 is 15.5 Å². The summed E-state index contributed by atoms with van der Waals surface area (Å²) in [6, 6.07) is 8.89. The molecule has 0 spiro atoms. The third-order valence-corrected chi connectivity index (χ3v) is 5.76. The van der Waals surface area contributed by atoms with Gasteiger partial charge in [0.1, 0.15) is 5.01 Å². The molecule has 0 atom stereocenters. The molecule has 0 unspecified atom stereocenters. The van der Waals surface area contributed by atoms with Gasteiger partial charge in [-0.05, 0) is 43.4 Å². The number of nitrogens with zero attached hydrogens (tertiary/aromatic N) is 3. The van der Waals surface area contributed by atoms with Crippen molar-refractivity contribution in [3.8, 4) is 0 Å². The number of anilines is 1. The highest BCUT2D eigenvalue weighted by atomic mass is 32.1. The Bertz CT molecular complexity index is 714. The zero-order chi connectivity index (χ0) is 18.4. The van der Waals surface area contributed by atoms with E-state index < -0.39 is 0 Å². The van der Waals surface area contributed by atoms with Crippen LogP contribution in [0.25, 0.3) is 0 Å². The van der Waals surface area contributed by atoms with Gasteiger partial charge in [-0.1, -0.05) is 19.1 Å². The van der Waals surface area contributed by atoms with Gasteiger partial charge in [0.15, 0.2) is 5.96 Å². The van der Waals surface area contributed by atoms with Crippen molar-refractivity contribution in [3.05, 3.63) is 45.9 Å². The molecule has 0 amide bonds. The first-order chi connectivity index (χ1) is 12.6. The number of guanidine groups is 1. The zero-order valence-electron chi connectivity index (χ0n) is 16.0. The number of piperidine rings is 1. The Balaban J connectivity index is 1.47. The summed E-state index contributed by atoms with van der Waals surface area (Å²) in [5.41, 5.74) is 2.59. The molecule has 2 N–H and O–H groups in total. The molecular formula is C20H29N5S. The van der Waals surface area contributed by atoms with Gasteiger partial charge >= 0.3 is 0 Å². The molecule has 2 heterocycles. The van der Waals surface area contributed by atoms with Gasteiger partial charge in [0.05, 0.1) is 6.54 Å². The normalized spacial score (nSPS) is 16.0. The van der Waals surface area contributed by atoms with Crippen molar-refractivity contribution in [2.24, 2.45) is 10.9 Å². The van der Waals surface area contributed by atoms with Crippen molar-refractivity contribution in [2.45, 2.75) is 39.8 Å². The standard InChI is InChI=1S/C20H29N5S/c1-15-8-10-25(11-9-15)18-6-4-17(5-7-18)13-23-20(21-3)24-14-19-22-12-16(2)26-19/h4-7,12,15H,8-11,13-14H2,1-3H3,(H2,21,23,24). The van der Waals surface area contributed by atoms with Crippen LogP contribution in [0.2, 0.25) is 0 Å². The highest BCUT2D eigenvalue weighted by molar-refractivity contribution is 7.11. The van der Waals surface area contributed by atoms with Gasteiger partial charge < -0.3 is 15.5 Å². The van der Waals surface area contributed by atoms with Gasteiger partial charge in [-0.2, -0.15) is 0 Å². The molecule has 0 saturated carbocycles. The maximum absolute atomic E-state index is 4.37. The summed E-state index contributed by atoms with van der Waals surface area (Å²) in [5.74, 6) is 1.66. The van der Waals surface area contributed by atoms with Gasteiger partial charge in [0.25, 0.3) is 0 Å². The molecule has 3 rings (SSSR count). The fourth-order valence-corrected chi connectivity index (χ4v) is 3.87. The molecule has 1 saturated heterocycles. The summed E-state index contributed by atoms with van der Waals surface area (Å²) >= 11 is 1.71. The highest BCUT2D eigenvalue weighted by Gasteiger charge is 2.15. The van der Waals surface area contributed by atoms with Crippen LogP contribution in [0.1, 0.15) is 35.2 Å². The number of nitrogens with one attached hydrogen (secondary N) is 2. The number of hydrogen-bond acceptors (Lipinski definition) is 4. The minimum Gasteiger partial charge on any atom is -0.372 e. The molecular weight excluding hydrogens is 342 g/mol. The van der Waals surface area contributed by atoms with Crippen molar-refractivity contribution >= 4 is 23.0 Å². The van der Waals surface area contributed by atoms with Crippen molar-refractivity contribution in [1.29, 1.82) is 0 Å². The maximum Gasteiger partial charge on any atom is 0.191 e. The Kier molecular flexibility index (Phi) is 6.50. The summed E-state index contributed by atoms with van der Waals surface area (Å²) in [7, 11) is 1.79. The zero-order valence-corrected chi connectivity index (χ0v) is 16.8. The predicted octanol–water partition coefficient (Wildman–Crippen LogP) is 3.55. The molecule has 1 aromatic heterocycles. The van der Waals surface area contributed by atoms with E-state index in [2.05, 4.69) is 63.6 Å². The van der Waals surface area contributed by atoms with Crippen molar-refractivity contribution in [1.82, 2.24) is 15.6 Å². The lowest BCUT2D eigenvalue weighted by Gasteiger charge is -2.32. The number of hydrogen-bond donors (Lipinski definition) is 2. The van der Waals surface area contributed by atoms with Crippen LogP contribution in [0, 0.1) is 12.8 Å². The van der Waals surface area contributed by atoms with E-state index in [9.17, 15) is 0 Å². The fourth-order valence-electron chi connectivity index (χ4n) is 3.14. The van der Waals surface area contributed by atoms with Crippen molar-refractivity contribution < 1.29 is 0 Å². The highest BCUT2D eigenvalue weighted by Crippen LogP contribution is 2.23. The average molecular weight is 372 g/mol. The molecule has 1 aromatic carbocycles. The molecule has 0 aliphatic carbocycles. The van der Waals surface area contributed by atoms with Crippen LogP contribution in [-0.2, 0) is 13.1 Å². The Morgan fingerprint density at radius 3 is 2.50 bits per heavy atom. The van der Waals surface area contributed by atoms with E-state index in [0.29, 0.717) is 6.54 Å². The first-order valence-corrected chi connectivity index (χ1v) is 10.2. The van der Waals surface area contributed by atoms with E-state index >= 15 is 0 Å². The molecule has 5 nitrogen and oxygen atoms in total. The number of aryl methyl sites for hydroxylation is 1. The van der Waals surface area contributed by atoms with Gasteiger partial charge in [-0.3, -0.25) is 4.99 Å². The van der Waals surface area contributed by atoms with Gasteiger partial charge in [-0.15, -0.1) is 11.3 Å². The average Bonchev–Trinajstić information content (AvgIpc) is 3.08. The second kappa shape index (κ2) is 9.03. The van der Waals surface area contributed by atoms with E-state index in [1.807, 2.05) is 6.20 Å². The quantitative estimate of drug-likeness (QED) is 0.623. The van der Waals surface area contributed by atoms with Gasteiger partial charge in [0.2, 0.25) is 0 Å². The molecule has 1 aliphatic rings. The van der Waals surface area contributed by atoms with Crippen LogP contribution in [-0.4, -0.2) is 31.1 Å². The largest absolute Gasteiger partial charge is 0.372 e. The summed E-state index contributed by atoms with van der Waals surface area (Å²) in [5, 5.41) is 7.76. The number of thiazole rings is 1. The lowest BCUT2D eigenvalue weighted by Crippen LogP contribution is -2.36. The van der Waals surface area contributed by atoms with E-state index in [0.717, 1.165) is 23.4 Å². The minimum atomic E-state index is 0.699. The van der Waals surface area contributed by atoms with Crippen LogP contribution >= 0.6 is 11.3 Å². The van der Waals surface area contributed by atoms with Crippen LogP contribution in [0.3, 0.4) is 0 Å². The monoisotopic (exact) mass is 371 g/mol. The van der Waals surface area contributed by atoms with E-state index in [1.165, 1.54) is 42.1 Å². The van der Waals surface area contributed by atoms with Crippen molar-refractivity contribution in [2.75, 3.05) is 25.0 Å². The third-order valence-electron chi connectivity index (χ3n) is 4.84. The second-order valence-corrected chi connectivity index (χ2v) is 8.30. The summed E-state index contributed by atoms with van der Waals surface area (Å²) in [6.07, 6.45) is 4.50. The summed E-state index contributed by atoms with van der Waals surface area (Å²) < 4.78 is 0. The van der Waals surface area contributed by atoms with E-state index in [4.69, 9.17) is 0 Å². The number of aromatic nitrogens is 1. The minimum absolute atomic E-state index is 0.699. The fraction of sp³-hybridized carbons (Fsp3) is 0.500. The topological polar surface area (TPSA) is 52.6 Å².